The monoisotopic (exact) mass is 490 g/mol. The van der Waals surface area contributed by atoms with E-state index >= 15 is 0 Å². The van der Waals surface area contributed by atoms with E-state index < -0.39 is 50.7 Å². The summed E-state index contributed by atoms with van der Waals surface area (Å²) in [5, 5.41) is 10.1. The minimum absolute atomic E-state index is 0.201. The van der Waals surface area contributed by atoms with E-state index in [1.54, 1.807) is 30.3 Å². The summed E-state index contributed by atoms with van der Waals surface area (Å²) in [4.78, 5) is 19.4. The molecule has 36 heavy (non-hydrogen) atoms. The fourth-order valence-electron chi connectivity index (χ4n) is 5.54. The number of piperidine rings is 1. The van der Waals surface area contributed by atoms with Gasteiger partial charge in [0.25, 0.3) is 0 Å². The molecule has 2 aromatic carbocycles. The van der Waals surface area contributed by atoms with Crippen molar-refractivity contribution in [2.45, 2.75) is 51.5 Å². The van der Waals surface area contributed by atoms with Gasteiger partial charge in [-0.2, -0.15) is 5.26 Å². The number of ketones is 1. The summed E-state index contributed by atoms with van der Waals surface area (Å²) >= 11 is 0. The number of aromatic amines is 1. The van der Waals surface area contributed by atoms with Crippen LogP contribution in [-0.4, -0.2) is 60.9 Å². The van der Waals surface area contributed by atoms with E-state index in [9.17, 15) is 10.1 Å². The summed E-state index contributed by atoms with van der Waals surface area (Å²) in [6, 6.07) is 9.63. The molecular weight excluding hydrogens is 448 g/mol. The number of aromatic nitrogens is 1. The molecule has 186 valence electrons. The first-order valence-corrected chi connectivity index (χ1v) is 12.3. The number of carbonyl (C=O) groups is 1. The highest BCUT2D eigenvalue weighted by Gasteiger charge is 2.40. The summed E-state index contributed by atoms with van der Waals surface area (Å²) in [5.74, 6) is -0.201. The Morgan fingerprint density at radius 2 is 1.92 bits per heavy atom. The molecule has 0 radical (unpaired) electrons. The van der Waals surface area contributed by atoms with Gasteiger partial charge in [-0.05, 0) is 54.7 Å². The Kier molecular flexibility index (Phi) is 3.86. The molecule has 2 aliphatic heterocycles. The molecule has 0 amide bonds. The van der Waals surface area contributed by atoms with Crippen LogP contribution in [0.15, 0.2) is 30.3 Å². The molecule has 0 atom stereocenters. The zero-order valence-corrected chi connectivity index (χ0v) is 20.7. The van der Waals surface area contributed by atoms with Gasteiger partial charge < -0.3 is 14.6 Å². The number of fused-ring (bicyclic) bond motifs is 4. The Balaban J connectivity index is 1.47. The second kappa shape index (κ2) is 8.76. The molecule has 3 aromatic rings. The van der Waals surface area contributed by atoms with Crippen molar-refractivity contribution in [1.82, 2.24) is 9.88 Å². The molecule has 1 N–H and O–H groups in total. The summed E-state index contributed by atoms with van der Waals surface area (Å²) in [6.45, 7) is -4.22. The van der Waals surface area contributed by atoms with Crippen LogP contribution < -0.4 is 4.90 Å². The smallest absolute Gasteiger partial charge is 0.195 e. The van der Waals surface area contributed by atoms with Gasteiger partial charge in [-0.25, -0.2) is 0 Å². The fraction of sp³-hybridized carbons (Fsp3) is 0.467. The van der Waals surface area contributed by atoms with Crippen LogP contribution in [0.1, 0.15) is 82.9 Å². The van der Waals surface area contributed by atoms with Crippen molar-refractivity contribution in [1.29, 1.82) is 5.26 Å². The molecule has 2 saturated heterocycles. The van der Waals surface area contributed by atoms with Gasteiger partial charge in [0.1, 0.15) is 0 Å². The molecule has 3 aliphatic rings. The second-order valence-electron chi connectivity index (χ2n) is 9.97. The van der Waals surface area contributed by atoms with E-state index in [-0.39, 0.29) is 18.6 Å². The maximum atomic E-state index is 14.0. The summed E-state index contributed by atoms with van der Waals surface area (Å²) in [7, 11) is 0. The predicted molar refractivity (Wildman–Crippen MR) is 142 cm³/mol. The third kappa shape index (κ3) is 3.56. The van der Waals surface area contributed by atoms with Gasteiger partial charge in [0, 0.05) is 76.3 Å². The number of nitrogens with one attached hydrogen (secondary N) is 1. The highest BCUT2D eigenvalue weighted by molar-refractivity contribution is 6.20. The first-order chi connectivity index (χ1) is 20.4. The highest BCUT2D eigenvalue weighted by atomic mass is 16.5. The number of morpholine rings is 1. The maximum absolute atomic E-state index is 14.0. The molecule has 1 aromatic heterocycles. The zero-order chi connectivity index (χ0) is 32.2. The van der Waals surface area contributed by atoms with Crippen molar-refractivity contribution < 1.29 is 20.5 Å². The van der Waals surface area contributed by atoms with Gasteiger partial charge in [0.15, 0.2) is 5.78 Å². The van der Waals surface area contributed by atoms with Gasteiger partial charge in [-0.15, -0.1) is 0 Å². The number of ether oxygens (including phenoxy) is 1. The second-order valence-corrected chi connectivity index (χ2v) is 9.97. The molecule has 2 fully saturated rings. The molecular formula is C30H34N4O2. The van der Waals surface area contributed by atoms with Crippen molar-refractivity contribution in [2.24, 2.45) is 0 Å². The van der Waals surface area contributed by atoms with Crippen LogP contribution in [0.5, 0.6) is 0 Å². The molecule has 3 heterocycles. The van der Waals surface area contributed by atoms with Crippen LogP contribution in [0.25, 0.3) is 10.9 Å². The van der Waals surface area contributed by atoms with Crippen molar-refractivity contribution in [2.75, 3.05) is 44.1 Å². The lowest BCUT2D eigenvalue weighted by Crippen LogP contribution is -2.49. The van der Waals surface area contributed by atoms with Crippen molar-refractivity contribution in [3.8, 4) is 6.07 Å². The summed E-state index contributed by atoms with van der Waals surface area (Å²) < 4.78 is 75.3. The fourth-order valence-corrected chi connectivity index (χ4v) is 5.54. The Bertz CT molecular complexity index is 1710. The van der Waals surface area contributed by atoms with E-state index in [0.29, 0.717) is 56.5 Å². The molecule has 6 nitrogen and oxygen atoms in total. The van der Waals surface area contributed by atoms with Crippen LogP contribution in [0, 0.1) is 11.3 Å². The van der Waals surface area contributed by atoms with E-state index in [2.05, 4.69) is 11.1 Å². The van der Waals surface area contributed by atoms with Crippen LogP contribution in [0.2, 0.25) is 0 Å². The lowest BCUT2D eigenvalue weighted by Gasteiger charge is -2.42. The minimum Gasteiger partial charge on any atom is -0.379 e. The third-order valence-electron chi connectivity index (χ3n) is 7.55. The highest BCUT2D eigenvalue weighted by Crippen LogP contribution is 2.46. The van der Waals surface area contributed by atoms with E-state index in [4.69, 9.17) is 15.7 Å². The number of benzene rings is 2. The van der Waals surface area contributed by atoms with E-state index in [1.807, 2.05) is 20.8 Å². The average molecular weight is 491 g/mol. The quantitative estimate of drug-likeness (QED) is 0.572. The van der Waals surface area contributed by atoms with Gasteiger partial charge in [0.05, 0.1) is 30.4 Å². The van der Waals surface area contributed by atoms with Gasteiger partial charge in [0.2, 0.25) is 0 Å². The standard InChI is InChI=1S/C30H34N4O2/c1-4-20-16-23-24(17-26(20)34-9-7-21(8-10-34)33-11-13-36-14-12-33)30(2,3)29-27(28(23)35)22-6-5-19(18-31)15-25(22)32-29/h5-6,15-17,21,32H,4,7-14H2,1-3H3/i9D2,10D2,11D2,12D2. The van der Waals surface area contributed by atoms with Gasteiger partial charge >= 0.3 is 0 Å². The molecule has 0 unspecified atom stereocenters. The Morgan fingerprint density at radius 1 is 1.17 bits per heavy atom. The van der Waals surface area contributed by atoms with Crippen molar-refractivity contribution in [3.05, 3.63) is 63.8 Å². The van der Waals surface area contributed by atoms with Crippen LogP contribution in [0.3, 0.4) is 0 Å². The van der Waals surface area contributed by atoms with Crippen LogP contribution in [0.4, 0.5) is 5.69 Å². The third-order valence-corrected chi connectivity index (χ3v) is 7.55. The SMILES string of the molecule is [2H]C1([2H])CC(N2C([2H])([2H])COCC2([2H])[2H])CC([2H])([2H])N1c1cc2c(cc1CC)C(=O)c1c([nH]c3cc(C#N)ccc13)C2(C)C. The number of nitriles is 1. The van der Waals surface area contributed by atoms with Crippen molar-refractivity contribution in [3.63, 3.8) is 0 Å². The summed E-state index contributed by atoms with van der Waals surface area (Å²) in [5.41, 5.74) is 3.52. The zero-order valence-electron chi connectivity index (χ0n) is 28.7. The number of carbonyl (C=O) groups excluding carboxylic acids is 1. The number of rotatable bonds is 3. The van der Waals surface area contributed by atoms with E-state index in [1.165, 1.54) is 0 Å². The summed E-state index contributed by atoms with van der Waals surface area (Å²) in [6.07, 6.45) is -0.299. The predicted octanol–water partition coefficient (Wildman–Crippen LogP) is 4.77. The Labute approximate surface area is 224 Å². The van der Waals surface area contributed by atoms with E-state index in [0.717, 1.165) is 9.80 Å². The molecule has 6 heteroatoms. The minimum atomic E-state index is -2.34. The Hall–Kier alpha value is -3.14. The molecule has 0 bridgehead atoms. The van der Waals surface area contributed by atoms with Crippen molar-refractivity contribution >= 4 is 22.4 Å². The molecule has 0 spiro atoms. The molecule has 1 aliphatic carbocycles. The molecule has 0 saturated carbocycles. The Morgan fingerprint density at radius 3 is 2.61 bits per heavy atom. The maximum Gasteiger partial charge on any atom is 0.195 e. The van der Waals surface area contributed by atoms with Gasteiger partial charge in [-0.3, -0.25) is 9.69 Å². The number of nitrogens with zero attached hydrogens (tertiary/aromatic N) is 3. The lowest BCUT2D eigenvalue weighted by atomic mass is 9.70. The largest absolute Gasteiger partial charge is 0.379 e. The number of hydrogen-bond acceptors (Lipinski definition) is 5. The first kappa shape index (κ1) is 15.9. The number of anilines is 1. The average Bonchev–Trinajstić information content (AvgIpc) is 3.29. The van der Waals surface area contributed by atoms with Crippen LogP contribution >= 0.6 is 0 Å². The number of hydrogen-bond donors (Lipinski definition) is 1. The van der Waals surface area contributed by atoms with Crippen LogP contribution in [-0.2, 0) is 16.6 Å². The molecule has 6 rings (SSSR count). The number of H-pyrrole nitrogens is 1. The van der Waals surface area contributed by atoms with Gasteiger partial charge in [-0.1, -0.05) is 26.8 Å². The lowest BCUT2D eigenvalue weighted by molar-refractivity contribution is 0.0115. The first-order valence-electron chi connectivity index (χ1n) is 16.3. The topological polar surface area (TPSA) is 72.4 Å². The normalized spacial score (nSPS) is 29.2. The number of aryl methyl sites for hydroxylation is 1.